The van der Waals surface area contributed by atoms with Crippen LogP contribution in [0.1, 0.15) is 69.2 Å². The highest BCUT2D eigenvalue weighted by atomic mass is 35.5. The van der Waals surface area contributed by atoms with E-state index in [1.807, 2.05) is 13.1 Å². The quantitative estimate of drug-likeness (QED) is 0.550. The van der Waals surface area contributed by atoms with Crippen LogP contribution in [0, 0.1) is 17.2 Å². The maximum atomic E-state index is 8.86. The van der Waals surface area contributed by atoms with Crippen molar-refractivity contribution in [3.05, 3.63) is 64.2 Å². The van der Waals surface area contributed by atoms with Crippen molar-refractivity contribution in [1.82, 2.24) is 5.32 Å². The van der Waals surface area contributed by atoms with E-state index in [9.17, 15) is 0 Å². The second-order valence-corrected chi connectivity index (χ2v) is 8.12. The predicted molar refractivity (Wildman–Crippen MR) is 122 cm³/mol. The van der Waals surface area contributed by atoms with Gasteiger partial charge >= 0.3 is 0 Å². The lowest BCUT2D eigenvalue weighted by Crippen LogP contribution is -2.23. The summed E-state index contributed by atoms with van der Waals surface area (Å²) in [6, 6.07) is 16.3. The van der Waals surface area contributed by atoms with E-state index in [0.717, 1.165) is 12.5 Å². The number of nitrogens with zero attached hydrogens (tertiary/aromatic N) is 1. The zero-order valence-corrected chi connectivity index (χ0v) is 18.8. The van der Waals surface area contributed by atoms with Gasteiger partial charge in [-0.3, -0.25) is 0 Å². The van der Waals surface area contributed by atoms with E-state index < -0.39 is 0 Å². The third kappa shape index (κ3) is 6.49. The summed E-state index contributed by atoms with van der Waals surface area (Å²) in [5, 5.41) is 12.6. The monoisotopic (exact) mass is 412 g/mol. The van der Waals surface area contributed by atoms with Gasteiger partial charge in [0.1, 0.15) is 11.9 Å². The Bertz CT molecular complexity index is 811. The summed E-state index contributed by atoms with van der Waals surface area (Å²) in [5.74, 6) is 1.05. The molecule has 3 rings (SSSR count). The van der Waals surface area contributed by atoms with Crippen molar-refractivity contribution in [3.8, 4) is 11.8 Å². The minimum atomic E-state index is 0.0247. The van der Waals surface area contributed by atoms with Crippen LogP contribution < -0.4 is 10.1 Å². The molecule has 156 valence electrons. The first-order chi connectivity index (χ1) is 14.0. The normalized spacial score (nSPS) is 18.2. The van der Waals surface area contributed by atoms with E-state index >= 15 is 0 Å². The number of rotatable bonds is 7. The number of halogens is 1. The number of nitrogens with one attached hydrogen (secondary N) is 1. The maximum Gasteiger partial charge on any atom is 0.138 e. The van der Waals surface area contributed by atoms with Gasteiger partial charge in [0.05, 0.1) is 16.7 Å². The Morgan fingerprint density at radius 1 is 1.24 bits per heavy atom. The molecule has 0 amide bonds. The Morgan fingerprint density at radius 3 is 2.62 bits per heavy atom. The Morgan fingerprint density at radius 2 is 2.00 bits per heavy atom. The summed E-state index contributed by atoms with van der Waals surface area (Å²) in [5.41, 5.74) is 3.12. The Hall–Kier alpha value is -2.02. The standard InChI is InChI=1S/C17H14ClNO.C8H19N/c1-11-8-13-4-2-3-5-14(13)17(11)20-16-7-6-12(10-19)9-15(16)18;1-4-6-7-8(5-2)9-3/h2-7,9,11,17H,8H2,1H3;8-9H,4-7H2,1-3H3/t11-,17+;/m1./s1. The first-order valence-electron chi connectivity index (χ1n) is 10.6. The largest absolute Gasteiger partial charge is 0.484 e. The number of hydrogen-bond donors (Lipinski definition) is 1. The Kier molecular flexibility index (Phi) is 9.51. The minimum absolute atomic E-state index is 0.0247. The van der Waals surface area contributed by atoms with Crippen molar-refractivity contribution in [3.63, 3.8) is 0 Å². The molecule has 0 saturated heterocycles. The van der Waals surface area contributed by atoms with Crippen LogP contribution in [0.2, 0.25) is 5.02 Å². The highest BCUT2D eigenvalue weighted by Gasteiger charge is 2.31. The van der Waals surface area contributed by atoms with Gasteiger partial charge in [0, 0.05) is 12.0 Å². The van der Waals surface area contributed by atoms with Gasteiger partial charge < -0.3 is 10.1 Å². The molecule has 0 saturated carbocycles. The summed E-state index contributed by atoms with van der Waals surface area (Å²) < 4.78 is 6.10. The lowest BCUT2D eigenvalue weighted by atomic mass is 10.1. The predicted octanol–water partition coefficient (Wildman–Crippen LogP) is 6.70. The van der Waals surface area contributed by atoms with Gasteiger partial charge in [-0.15, -0.1) is 0 Å². The van der Waals surface area contributed by atoms with Gasteiger partial charge in [-0.25, -0.2) is 0 Å². The first kappa shape index (κ1) is 23.3. The van der Waals surface area contributed by atoms with Crippen LogP contribution in [0.3, 0.4) is 0 Å². The molecule has 0 bridgehead atoms. The van der Waals surface area contributed by atoms with Crippen molar-refractivity contribution in [2.75, 3.05) is 7.05 Å². The molecular weight excluding hydrogens is 380 g/mol. The zero-order chi connectivity index (χ0) is 21.2. The summed E-state index contributed by atoms with van der Waals surface area (Å²) >= 11 is 6.19. The van der Waals surface area contributed by atoms with Gasteiger partial charge in [-0.05, 0) is 55.6 Å². The van der Waals surface area contributed by atoms with Crippen LogP contribution in [0.15, 0.2) is 42.5 Å². The summed E-state index contributed by atoms with van der Waals surface area (Å²) in [6.07, 6.45) is 6.32. The second kappa shape index (κ2) is 11.9. The average Bonchev–Trinajstić information content (AvgIpc) is 3.06. The SMILES string of the molecule is CCCCC(CC)NC.C[C@@H]1Cc2ccccc2[C@H]1Oc1ccc(C#N)cc1Cl. The molecule has 1 N–H and O–H groups in total. The van der Waals surface area contributed by atoms with Gasteiger partial charge in [-0.2, -0.15) is 5.26 Å². The van der Waals surface area contributed by atoms with Crippen molar-refractivity contribution < 1.29 is 4.74 Å². The molecule has 0 spiro atoms. The molecule has 2 aromatic carbocycles. The van der Waals surface area contributed by atoms with Gasteiger partial charge in [0.2, 0.25) is 0 Å². The molecule has 0 aliphatic heterocycles. The Labute approximate surface area is 181 Å². The number of nitriles is 1. The van der Waals surface area contributed by atoms with E-state index in [0.29, 0.717) is 22.3 Å². The summed E-state index contributed by atoms with van der Waals surface area (Å²) in [4.78, 5) is 0. The van der Waals surface area contributed by atoms with Crippen molar-refractivity contribution in [2.45, 2.75) is 65.0 Å². The molecule has 4 heteroatoms. The highest BCUT2D eigenvalue weighted by Crippen LogP contribution is 2.40. The number of hydrogen-bond acceptors (Lipinski definition) is 3. The van der Waals surface area contributed by atoms with E-state index in [4.69, 9.17) is 21.6 Å². The van der Waals surface area contributed by atoms with Crippen LogP contribution in [-0.2, 0) is 6.42 Å². The van der Waals surface area contributed by atoms with E-state index in [1.165, 1.54) is 36.8 Å². The topological polar surface area (TPSA) is 45.0 Å². The maximum absolute atomic E-state index is 8.86. The average molecular weight is 413 g/mol. The molecule has 29 heavy (non-hydrogen) atoms. The molecule has 0 heterocycles. The Balaban J connectivity index is 0.000000284. The molecule has 1 unspecified atom stereocenters. The molecule has 3 nitrogen and oxygen atoms in total. The molecule has 1 aliphatic carbocycles. The van der Waals surface area contributed by atoms with Crippen molar-refractivity contribution in [2.24, 2.45) is 5.92 Å². The van der Waals surface area contributed by atoms with Crippen LogP contribution in [-0.4, -0.2) is 13.1 Å². The van der Waals surface area contributed by atoms with E-state index in [2.05, 4.69) is 50.4 Å². The number of unbranched alkanes of at least 4 members (excludes halogenated alkanes) is 1. The molecule has 0 radical (unpaired) electrons. The smallest absolute Gasteiger partial charge is 0.138 e. The van der Waals surface area contributed by atoms with Crippen LogP contribution in [0.5, 0.6) is 5.75 Å². The van der Waals surface area contributed by atoms with Crippen LogP contribution in [0.25, 0.3) is 0 Å². The molecule has 2 aromatic rings. The van der Waals surface area contributed by atoms with Gasteiger partial charge in [-0.1, -0.05) is 69.5 Å². The highest BCUT2D eigenvalue weighted by molar-refractivity contribution is 6.32. The lowest BCUT2D eigenvalue weighted by molar-refractivity contribution is 0.159. The zero-order valence-electron chi connectivity index (χ0n) is 18.0. The molecule has 3 atom stereocenters. The van der Waals surface area contributed by atoms with Crippen LogP contribution in [0.4, 0.5) is 0 Å². The van der Waals surface area contributed by atoms with Crippen molar-refractivity contribution >= 4 is 11.6 Å². The number of ether oxygens (including phenoxy) is 1. The molecule has 0 fully saturated rings. The van der Waals surface area contributed by atoms with E-state index in [-0.39, 0.29) is 6.10 Å². The fraction of sp³-hybridized carbons (Fsp3) is 0.480. The van der Waals surface area contributed by atoms with Gasteiger partial charge in [0.25, 0.3) is 0 Å². The molecular formula is C25H33ClN2O. The van der Waals surface area contributed by atoms with Crippen molar-refractivity contribution in [1.29, 1.82) is 5.26 Å². The second-order valence-electron chi connectivity index (χ2n) is 7.71. The third-order valence-corrected chi connectivity index (χ3v) is 5.84. The fourth-order valence-corrected chi connectivity index (χ4v) is 3.97. The molecule has 1 aliphatic rings. The van der Waals surface area contributed by atoms with Crippen LogP contribution >= 0.6 is 11.6 Å². The lowest BCUT2D eigenvalue weighted by Gasteiger charge is -2.20. The first-order valence-corrected chi connectivity index (χ1v) is 11.0. The fourth-order valence-electron chi connectivity index (χ4n) is 3.74. The third-order valence-electron chi connectivity index (χ3n) is 5.54. The summed E-state index contributed by atoms with van der Waals surface area (Å²) in [6.45, 7) is 6.65. The number of fused-ring (bicyclic) bond motifs is 1. The number of benzene rings is 2. The summed E-state index contributed by atoms with van der Waals surface area (Å²) in [7, 11) is 2.05. The van der Waals surface area contributed by atoms with E-state index in [1.54, 1.807) is 18.2 Å². The van der Waals surface area contributed by atoms with Gasteiger partial charge in [0.15, 0.2) is 0 Å². The minimum Gasteiger partial charge on any atom is -0.484 e. The molecule has 0 aromatic heterocycles.